The quantitative estimate of drug-likeness (QED) is 0.609. The highest BCUT2D eigenvalue weighted by Crippen LogP contribution is 2.29. The van der Waals surface area contributed by atoms with Crippen LogP contribution in [0.3, 0.4) is 0 Å². The average molecular weight is 401 g/mol. The smallest absolute Gasteiger partial charge is 0.256 e. The molecule has 8 nitrogen and oxygen atoms in total. The molecule has 0 aliphatic rings. The first kappa shape index (κ1) is 19.9. The summed E-state index contributed by atoms with van der Waals surface area (Å²) in [5.41, 5.74) is 2.71. The van der Waals surface area contributed by atoms with Crippen molar-refractivity contribution in [1.29, 1.82) is 0 Å². The number of hydrogen-bond acceptors (Lipinski definition) is 7. The van der Waals surface area contributed by atoms with Gasteiger partial charge in [-0.05, 0) is 45.0 Å². The average Bonchev–Trinajstić information content (AvgIpc) is 3.08. The van der Waals surface area contributed by atoms with Gasteiger partial charge in [0.25, 0.3) is 5.78 Å². The van der Waals surface area contributed by atoms with Crippen LogP contribution in [0.25, 0.3) is 5.78 Å². The monoisotopic (exact) mass is 401 g/mol. The van der Waals surface area contributed by atoms with E-state index in [1.54, 1.807) is 14.2 Å². The lowest BCUT2D eigenvalue weighted by Gasteiger charge is -2.18. The summed E-state index contributed by atoms with van der Waals surface area (Å²) >= 11 is 1.32. The Hall–Kier alpha value is -2.81. The number of aromatic nitrogens is 4. The van der Waals surface area contributed by atoms with Gasteiger partial charge in [0.05, 0.1) is 26.0 Å². The van der Waals surface area contributed by atoms with E-state index in [9.17, 15) is 4.79 Å². The van der Waals surface area contributed by atoms with Crippen LogP contribution in [0.5, 0.6) is 11.5 Å². The Labute approximate surface area is 167 Å². The Balaban J connectivity index is 1.68. The third-order valence-electron chi connectivity index (χ3n) is 4.28. The van der Waals surface area contributed by atoms with E-state index >= 15 is 0 Å². The van der Waals surface area contributed by atoms with E-state index in [0.717, 1.165) is 17.0 Å². The Bertz CT molecular complexity index is 1000. The van der Waals surface area contributed by atoms with Crippen LogP contribution >= 0.6 is 11.8 Å². The molecule has 1 atom stereocenters. The van der Waals surface area contributed by atoms with E-state index in [2.05, 4.69) is 20.5 Å². The molecule has 1 N–H and O–H groups in total. The Morgan fingerprint density at radius 1 is 1.21 bits per heavy atom. The number of benzene rings is 1. The molecule has 0 saturated carbocycles. The highest BCUT2D eigenvalue weighted by molar-refractivity contribution is 7.99. The summed E-state index contributed by atoms with van der Waals surface area (Å²) in [5.74, 6) is 2.04. The van der Waals surface area contributed by atoms with Gasteiger partial charge in [0.15, 0.2) is 5.16 Å². The van der Waals surface area contributed by atoms with Crippen molar-refractivity contribution < 1.29 is 14.3 Å². The van der Waals surface area contributed by atoms with Crippen molar-refractivity contribution in [3.63, 3.8) is 0 Å². The number of aryl methyl sites for hydroxylation is 2. The van der Waals surface area contributed by atoms with Gasteiger partial charge in [0.1, 0.15) is 11.5 Å². The first-order valence-corrected chi connectivity index (χ1v) is 9.75. The summed E-state index contributed by atoms with van der Waals surface area (Å²) in [5, 5.41) is 11.9. The highest BCUT2D eigenvalue weighted by atomic mass is 32.2. The van der Waals surface area contributed by atoms with E-state index in [0.29, 0.717) is 22.4 Å². The Kier molecular flexibility index (Phi) is 6.03. The van der Waals surface area contributed by atoms with E-state index in [4.69, 9.17) is 9.47 Å². The van der Waals surface area contributed by atoms with Crippen LogP contribution in [-0.2, 0) is 4.79 Å². The molecular weight excluding hydrogens is 378 g/mol. The molecule has 0 radical (unpaired) electrons. The SMILES string of the molecule is COc1ccc(OC)c([C@@H](C)NC(=O)CSc2nnc3nc(C)cc(C)n23)c1. The summed E-state index contributed by atoms with van der Waals surface area (Å²) in [6.07, 6.45) is 0. The minimum absolute atomic E-state index is 0.114. The topological polar surface area (TPSA) is 90.6 Å². The predicted octanol–water partition coefficient (Wildman–Crippen LogP) is 2.73. The number of ether oxygens (including phenoxy) is 2. The first-order valence-electron chi connectivity index (χ1n) is 8.76. The minimum Gasteiger partial charge on any atom is -0.497 e. The van der Waals surface area contributed by atoms with Crippen molar-refractivity contribution in [2.24, 2.45) is 0 Å². The molecule has 9 heteroatoms. The van der Waals surface area contributed by atoms with Crippen molar-refractivity contribution in [2.75, 3.05) is 20.0 Å². The van der Waals surface area contributed by atoms with Gasteiger partial charge in [-0.2, -0.15) is 0 Å². The lowest BCUT2D eigenvalue weighted by Crippen LogP contribution is -2.28. The van der Waals surface area contributed by atoms with Crippen LogP contribution in [0.2, 0.25) is 0 Å². The molecule has 1 amide bonds. The maximum atomic E-state index is 12.5. The van der Waals surface area contributed by atoms with E-state index in [1.165, 1.54) is 11.8 Å². The zero-order chi connectivity index (χ0) is 20.3. The minimum atomic E-state index is -0.237. The van der Waals surface area contributed by atoms with Gasteiger partial charge in [-0.25, -0.2) is 4.98 Å². The van der Waals surface area contributed by atoms with Gasteiger partial charge in [0.2, 0.25) is 5.91 Å². The number of fused-ring (bicyclic) bond motifs is 1. The van der Waals surface area contributed by atoms with Crippen LogP contribution < -0.4 is 14.8 Å². The van der Waals surface area contributed by atoms with E-state index < -0.39 is 0 Å². The van der Waals surface area contributed by atoms with Crippen LogP contribution in [-0.4, -0.2) is 45.5 Å². The van der Waals surface area contributed by atoms with Gasteiger partial charge in [0, 0.05) is 17.0 Å². The molecular formula is C19H23N5O3S. The van der Waals surface area contributed by atoms with Gasteiger partial charge in [-0.15, -0.1) is 10.2 Å². The summed E-state index contributed by atoms with van der Waals surface area (Å²) in [7, 11) is 3.21. The van der Waals surface area contributed by atoms with Crippen LogP contribution in [0.1, 0.15) is 29.9 Å². The second-order valence-corrected chi connectivity index (χ2v) is 7.29. The van der Waals surface area contributed by atoms with Crippen molar-refractivity contribution in [2.45, 2.75) is 32.0 Å². The maximum absolute atomic E-state index is 12.5. The summed E-state index contributed by atoms with van der Waals surface area (Å²) in [4.78, 5) is 16.8. The van der Waals surface area contributed by atoms with Crippen LogP contribution in [0.4, 0.5) is 0 Å². The molecule has 0 fully saturated rings. The lowest BCUT2D eigenvalue weighted by atomic mass is 10.1. The normalized spacial score (nSPS) is 12.0. The molecule has 28 heavy (non-hydrogen) atoms. The fraction of sp³-hybridized carbons (Fsp3) is 0.368. The fourth-order valence-corrected chi connectivity index (χ4v) is 3.76. The zero-order valence-electron chi connectivity index (χ0n) is 16.5. The largest absolute Gasteiger partial charge is 0.497 e. The molecule has 0 unspecified atom stereocenters. The first-order chi connectivity index (χ1) is 13.4. The summed E-state index contributed by atoms with van der Waals surface area (Å²) in [6.45, 7) is 5.78. The molecule has 0 saturated heterocycles. The predicted molar refractivity (Wildman–Crippen MR) is 107 cm³/mol. The zero-order valence-corrected chi connectivity index (χ0v) is 17.3. The van der Waals surface area contributed by atoms with E-state index in [1.807, 2.05) is 49.4 Å². The standard InChI is InChI=1S/C19H23N5O3S/c1-11-8-12(2)24-18(20-11)22-23-19(24)28-10-17(25)21-13(3)15-9-14(26-4)6-7-16(15)27-5/h6-9,13H,10H2,1-5H3,(H,21,25)/t13-/m1/s1. The van der Waals surface area contributed by atoms with Crippen molar-refractivity contribution in [1.82, 2.24) is 24.9 Å². The van der Waals surface area contributed by atoms with Gasteiger partial charge in [-0.1, -0.05) is 11.8 Å². The molecule has 0 spiro atoms. The van der Waals surface area contributed by atoms with E-state index in [-0.39, 0.29) is 17.7 Å². The number of carbonyl (C=O) groups excluding carboxylic acids is 1. The number of amides is 1. The van der Waals surface area contributed by atoms with Gasteiger partial charge >= 0.3 is 0 Å². The summed E-state index contributed by atoms with van der Waals surface area (Å²) in [6, 6.07) is 7.23. The van der Waals surface area contributed by atoms with Crippen molar-refractivity contribution >= 4 is 23.4 Å². The molecule has 3 rings (SSSR count). The lowest BCUT2D eigenvalue weighted by molar-refractivity contribution is -0.119. The van der Waals surface area contributed by atoms with Crippen LogP contribution in [0, 0.1) is 13.8 Å². The molecule has 2 aromatic heterocycles. The number of thioether (sulfide) groups is 1. The third-order valence-corrected chi connectivity index (χ3v) is 5.21. The van der Waals surface area contributed by atoms with Gasteiger partial charge < -0.3 is 14.8 Å². The molecule has 3 aromatic rings. The molecule has 148 valence electrons. The molecule has 1 aromatic carbocycles. The number of carbonyl (C=O) groups is 1. The second kappa shape index (κ2) is 8.47. The number of rotatable bonds is 7. The third kappa shape index (κ3) is 4.19. The second-order valence-electron chi connectivity index (χ2n) is 6.34. The number of nitrogens with one attached hydrogen (secondary N) is 1. The number of methoxy groups -OCH3 is 2. The number of nitrogens with zero attached hydrogens (tertiary/aromatic N) is 4. The Morgan fingerprint density at radius 3 is 2.71 bits per heavy atom. The fourth-order valence-electron chi connectivity index (χ4n) is 2.96. The molecule has 0 bridgehead atoms. The van der Waals surface area contributed by atoms with Crippen LogP contribution in [0.15, 0.2) is 29.4 Å². The van der Waals surface area contributed by atoms with Crippen molar-refractivity contribution in [3.8, 4) is 11.5 Å². The van der Waals surface area contributed by atoms with Crippen molar-refractivity contribution in [3.05, 3.63) is 41.2 Å². The maximum Gasteiger partial charge on any atom is 0.256 e. The number of hydrogen-bond donors (Lipinski definition) is 1. The van der Waals surface area contributed by atoms with Gasteiger partial charge in [-0.3, -0.25) is 9.20 Å². The molecule has 0 aliphatic carbocycles. The summed E-state index contributed by atoms with van der Waals surface area (Å²) < 4.78 is 12.5. The Morgan fingerprint density at radius 2 is 2.00 bits per heavy atom. The molecule has 0 aliphatic heterocycles. The molecule has 2 heterocycles. The highest BCUT2D eigenvalue weighted by Gasteiger charge is 2.17.